The highest BCUT2D eigenvalue weighted by Gasteiger charge is 2.76. The number of hydrogen-bond donors (Lipinski definition) is 5. The minimum atomic E-state index is -2.19. The second kappa shape index (κ2) is 11.6. The molecular weight excluding hydrogens is 628 g/mol. The number of ketones is 1. The van der Waals surface area contributed by atoms with Gasteiger partial charge in [-0.2, -0.15) is 0 Å². The third kappa shape index (κ3) is 4.86. The molecule has 5 N–H and O–H groups in total. The van der Waals surface area contributed by atoms with Crippen molar-refractivity contribution in [3.63, 3.8) is 0 Å². The Labute approximate surface area is 276 Å². The average molecular weight is 671 g/mol. The van der Waals surface area contributed by atoms with Gasteiger partial charge in [0.15, 0.2) is 11.9 Å². The Balaban J connectivity index is 1.50. The highest BCUT2D eigenvalue weighted by atomic mass is 32.1. The standard InChI is InChI=1S/C35H42O11S/c1-17-20(45-31(41)25(37)18(2)21-12-9-13-47-21)15-35(43)29(46-30(40)19-10-7-6-8-11-19)27-33(5,22(36)14-23-34(27,42)16-44-23)28(39)26(38)24(17)32(35,3)4/h6-13,18,20,22-23,25-27,29,36-38,42-43H,14-16H2,1-5H3/t18?,20?,22?,23?,25?,26?,27?,29?,33-,34+,35?/m1/s1. The monoisotopic (exact) mass is 670 g/mol. The van der Waals surface area contributed by atoms with Crippen molar-refractivity contribution in [1.82, 2.24) is 0 Å². The molecule has 2 aromatic rings. The quantitative estimate of drug-likeness (QED) is 0.225. The molecule has 2 saturated carbocycles. The van der Waals surface area contributed by atoms with Gasteiger partial charge in [0, 0.05) is 35.0 Å². The molecule has 3 aliphatic carbocycles. The molecule has 0 spiro atoms. The van der Waals surface area contributed by atoms with Gasteiger partial charge in [0.1, 0.15) is 29.5 Å². The van der Waals surface area contributed by atoms with Crippen LogP contribution in [0.25, 0.3) is 0 Å². The number of aliphatic hydroxyl groups excluding tert-OH is 3. The Bertz CT molecular complexity index is 1590. The van der Waals surface area contributed by atoms with E-state index in [1.807, 2.05) is 5.38 Å². The number of carbonyl (C=O) groups is 3. The molecule has 11 nitrogen and oxygen atoms in total. The van der Waals surface area contributed by atoms with E-state index in [2.05, 4.69) is 0 Å². The fourth-order valence-electron chi connectivity index (χ4n) is 8.50. The smallest absolute Gasteiger partial charge is 0.338 e. The number of rotatable bonds is 6. The van der Waals surface area contributed by atoms with E-state index in [0.717, 1.165) is 4.88 Å². The third-order valence-electron chi connectivity index (χ3n) is 11.6. The zero-order chi connectivity index (χ0) is 34.3. The van der Waals surface area contributed by atoms with Gasteiger partial charge in [-0.3, -0.25) is 4.79 Å². The lowest BCUT2D eigenvalue weighted by Crippen LogP contribution is -2.81. The SMILES string of the molecule is CC1=C2C(O)C(=O)[C@]3(C)C(O)CC4OC[C@@]4(O)C3C(OC(=O)c3ccccc3)C(O)(CC1OC(=O)C(O)C(C)c1cccs1)C2(C)C. The Morgan fingerprint density at radius 3 is 2.32 bits per heavy atom. The summed E-state index contributed by atoms with van der Waals surface area (Å²) in [6.45, 7) is 7.59. The van der Waals surface area contributed by atoms with E-state index in [0.29, 0.717) is 0 Å². The highest BCUT2D eigenvalue weighted by Crippen LogP contribution is 2.63. The Hall–Kier alpha value is -2.97. The second-order valence-electron chi connectivity index (χ2n) is 14.3. The Morgan fingerprint density at radius 1 is 1.04 bits per heavy atom. The van der Waals surface area contributed by atoms with Gasteiger partial charge in [-0.05, 0) is 48.6 Å². The molecule has 1 aromatic carbocycles. The topological polar surface area (TPSA) is 180 Å². The fraction of sp³-hybridized carbons (Fsp3) is 0.571. The Kier molecular flexibility index (Phi) is 8.35. The van der Waals surface area contributed by atoms with Gasteiger partial charge >= 0.3 is 11.9 Å². The summed E-state index contributed by atoms with van der Waals surface area (Å²) in [7, 11) is 0. The zero-order valence-electron chi connectivity index (χ0n) is 27.0. The van der Waals surface area contributed by atoms with Gasteiger partial charge < -0.3 is 39.7 Å². The van der Waals surface area contributed by atoms with Crippen LogP contribution in [0.5, 0.6) is 0 Å². The molecule has 12 heteroatoms. The molecule has 4 aliphatic rings. The number of Topliss-reactive ketones (excluding diaryl/α,β-unsaturated/α-hetero) is 1. The first-order valence-electron chi connectivity index (χ1n) is 15.9. The summed E-state index contributed by atoms with van der Waals surface area (Å²) in [5.41, 5.74) is -6.95. The van der Waals surface area contributed by atoms with Crippen LogP contribution in [0.3, 0.4) is 0 Å². The Morgan fingerprint density at radius 2 is 1.72 bits per heavy atom. The van der Waals surface area contributed by atoms with Gasteiger partial charge in [0.25, 0.3) is 0 Å². The molecule has 254 valence electrons. The van der Waals surface area contributed by atoms with Crippen LogP contribution in [0.1, 0.15) is 68.6 Å². The van der Waals surface area contributed by atoms with Gasteiger partial charge in [0.05, 0.1) is 29.8 Å². The minimum absolute atomic E-state index is 0.0430. The first-order valence-corrected chi connectivity index (χ1v) is 16.7. The second-order valence-corrected chi connectivity index (χ2v) is 15.3. The summed E-state index contributed by atoms with van der Waals surface area (Å²) in [4.78, 5) is 42.5. The molecule has 11 atom stereocenters. The number of esters is 2. The van der Waals surface area contributed by atoms with Crippen molar-refractivity contribution in [3.05, 3.63) is 69.4 Å². The van der Waals surface area contributed by atoms with Crippen molar-refractivity contribution in [2.45, 2.75) is 101 Å². The normalized spacial score (nSPS) is 38.9. The van der Waals surface area contributed by atoms with Crippen LogP contribution in [-0.2, 0) is 23.8 Å². The van der Waals surface area contributed by atoms with Crippen molar-refractivity contribution < 1.29 is 54.1 Å². The van der Waals surface area contributed by atoms with Crippen LogP contribution in [-0.4, -0.2) is 97.7 Å². The predicted molar refractivity (Wildman–Crippen MR) is 168 cm³/mol. The largest absolute Gasteiger partial charge is 0.456 e. The molecule has 9 unspecified atom stereocenters. The molecule has 0 radical (unpaired) electrons. The number of aliphatic hydroxyl groups is 5. The summed E-state index contributed by atoms with van der Waals surface area (Å²) >= 11 is 1.37. The molecule has 2 bridgehead atoms. The van der Waals surface area contributed by atoms with Crippen molar-refractivity contribution in [2.24, 2.45) is 16.7 Å². The van der Waals surface area contributed by atoms with Crippen LogP contribution >= 0.6 is 11.3 Å². The minimum Gasteiger partial charge on any atom is -0.456 e. The van der Waals surface area contributed by atoms with Crippen molar-refractivity contribution in [2.75, 3.05) is 6.61 Å². The van der Waals surface area contributed by atoms with Crippen LogP contribution in [0, 0.1) is 16.7 Å². The average Bonchev–Trinajstić information content (AvgIpc) is 3.58. The lowest BCUT2D eigenvalue weighted by atomic mass is 9.44. The maximum Gasteiger partial charge on any atom is 0.338 e. The summed E-state index contributed by atoms with van der Waals surface area (Å²) in [5, 5.41) is 61.4. The van der Waals surface area contributed by atoms with Crippen LogP contribution in [0.15, 0.2) is 59.0 Å². The fourth-order valence-corrected chi connectivity index (χ4v) is 9.31. The zero-order valence-corrected chi connectivity index (χ0v) is 27.8. The molecule has 2 heterocycles. The van der Waals surface area contributed by atoms with Gasteiger partial charge in [0.2, 0.25) is 0 Å². The van der Waals surface area contributed by atoms with Crippen LogP contribution in [0.4, 0.5) is 0 Å². The highest BCUT2D eigenvalue weighted by molar-refractivity contribution is 7.10. The lowest BCUT2D eigenvalue weighted by molar-refractivity contribution is -0.343. The van der Waals surface area contributed by atoms with E-state index >= 15 is 0 Å². The van der Waals surface area contributed by atoms with Crippen molar-refractivity contribution in [1.29, 1.82) is 0 Å². The van der Waals surface area contributed by atoms with E-state index in [4.69, 9.17) is 14.2 Å². The summed E-state index contributed by atoms with van der Waals surface area (Å²) in [6.07, 6.45) is -9.26. The maximum atomic E-state index is 14.5. The predicted octanol–water partition coefficient (Wildman–Crippen LogP) is 2.29. The number of ether oxygens (including phenoxy) is 3. The number of carbonyl (C=O) groups excluding carboxylic acids is 3. The van der Waals surface area contributed by atoms with Crippen LogP contribution in [0.2, 0.25) is 0 Å². The van der Waals surface area contributed by atoms with E-state index in [1.54, 1.807) is 58.0 Å². The molecule has 6 rings (SSSR count). The molecule has 47 heavy (non-hydrogen) atoms. The van der Waals surface area contributed by atoms with E-state index in [1.165, 1.54) is 30.4 Å². The van der Waals surface area contributed by atoms with Gasteiger partial charge in [-0.25, -0.2) is 9.59 Å². The molecule has 1 aromatic heterocycles. The number of fused-ring (bicyclic) bond motifs is 5. The van der Waals surface area contributed by atoms with Crippen molar-refractivity contribution in [3.8, 4) is 0 Å². The number of thiophene rings is 1. The first kappa shape index (κ1) is 33.9. The summed E-state index contributed by atoms with van der Waals surface area (Å²) < 4.78 is 17.7. The molecule has 1 aliphatic heterocycles. The lowest BCUT2D eigenvalue weighted by Gasteiger charge is -2.66. The molecule has 0 amide bonds. The van der Waals surface area contributed by atoms with Crippen LogP contribution < -0.4 is 0 Å². The summed E-state index contributed by atoms with van der Waals surface area (Å²) in [5.74, 6) is -4.71. The van der Waals surface area contributed by atoms with E-state index in [9.17, 15) is 39.9 Å². The maximum absolute atomic E-state index is 14.5. The van der Waals surface area contributed by atoms with E-state index < -0.39 is 88.2 Å². The third-order valence-corrected chi connectivity index (χ3v) is 12.7. The molecular formula is C35H42O11S. The van der Waals surface area contributed by atoms with Gasteiger partial charge in [-0.1, -0.05) is 45.0 Å². The molecule has 3 fully saturated rings. The summed E-state index contributed by atoms with van der Waals surface area (Å²) in [6, 6.07) is 11.6. The first-order chi connectivity index (χ1) is 22.0. The molecule has 1 saturated heterocycles. The number of benzene rings is 1. The number of hydrogen-bond acceptors (Lipinski definition) is 12. The van der Waals surface area contributed by atoms with Gasteiger partial charge in [-0.15, -0.1) is 11.3 Å². The van der Waals surface area contributed by atoms with E-state index in [-0.39, 0.29) is 36.2 Å². The van der Waals surface area contributed by atoms with Crippen molar-refractivity contribution >= 4 is 29.1 Å².